The molecule has 0 radical (unpaired) electrons. The number of nitrogens with zero attached hydrogens (tertiary/aromatic N) is 3. The lowest BCUT2D eigenvalue weighted by atomic mass is 10.1. The van der Waals surface area contributed by atoms with Crippen LogP contribution < -0.4 is 0 Å². The molecule has 1 aliphatic rings. The molecular formula is C9H12ClN3OS. The van der Waals surface area contributed by atoms with Crippen molar-refractivity contribution in [1.82, 2.24) is 15.1 Å². The van der Waals surface area contributed by atoms with Gasteiger partial charge in [0.05, 0.1) is 0 Å². The van der Waals surface area contributed by atoms with Crippen molar-refractivity contribution in [2.45, 2.75) is 19.8 Å². The summed E-state index contributed by atoms with van der Waals surface area (Å²) in [5, 5.41) is 7.79. The highest BCUT2D eigenvalue weighted by Gasteiger charge is 2.27. The Morgan fingerprint density at radius 3 is 3.00 bits per heavy atom. The van der Waals surface area contributed by atoms with E-state index in [1.807, 2.05) is 4.90 Å². The van der Waals surface area contributed by atoms with Crippen molar-refractivity contribution in [3.05, 3.63) is 9.47 Å². The molecule has 0 spiro atoms. The molecule has 1 aliphatic heterocycles. The van der Waals surface area contributed by atoms with Crippen LogP contribution in [0.5, 0.6) is 0 Å². The van der Waals surface area contributed by atoms with Crippen LogP contribution in [0, 0.1) is 5.92 Å². The van der Waals surface area contributed by atoms with Gasteiger partial charge < -0.3 is 4.90 Å². The normalized spacial score (nSPS) is 20.9. The summed E-state index contributed by atoms with van der Waals surface area (Å²) >= 11 is 6.78. The Morgan fingerprint density at radius 1 is 1.67 bits per heavy atom. The van der Waals surface area contributed by atoms with Crippen LogP contribution in [-0.4, -0.2) is 34.1 Å². The molecule has 2 heterocycles. The highest BCUT2D eigenvalue weighted by molar-refractivity contribution is 7.17. The lowest BCUT2D eigenvalue weighted by Crippen LogP contribution is -2.28. The minimum atomic E-state index is -0.0321. The summed E-state index contributed by atoms with van der Waals surface area (Å²) in [5.74, 6) is 0.604. The zero-order valence-corrected chi connectivity index (χ0v) is 10.0. The highest BCUT2D eigenvalue weighted by Crippen LogP contribution is 2.23. The Bertz CT molecular complexity index is 368. The topological polar surface area (TPSA) is 46.1 Å². The molecule has 0 aliphatic carbocycles. The van der Waals surface area contributed by atoms with Gasteiger partial charge in [-0.3, -0.25) is 4.79 Å². The maximum atomic E-state index is 11.9. The van der Waals surface area contributed by atoms with Gasteiger partial charge in [-0.05, 0) is 23.9 Å². The quantitative estimate of drug-likeness (QED) is 0.801. The smallest absolute Gasteiger partial charge is 0.284 e. The maximum Gasteiger partial charge on any atom is 0.284 e. The van der Waals surface area contributed by atoms with Crippen LogP contribution in [0.4, 0.5) is 0 Å². The van der Waals surface area contributed by atoms with Crippen LogP contribution in [0.2, 0.25) is 4.47 Å². The molecule has 0 aromatic carbocycles. The molecule has 0 bridgehead atoms. The van der Waals surface area contributed by atoms with Crippen molar-refractivity contribution >= 4 is 28.8 Å². The van der Waals surface area contributed by atoms with E-state index in [1.54, 1.807) is 0 Å². The van der Waals surface area contributed by atoms with Crippen LogP contribution in [0.25, 0.3) is 0 Å². The summed E-state index contributed by atoms with van der Waals surface area (Å²) in [6, 6.07) is 0. The SMILES string of the molecule is CCC1CCN(C(=O)c2nnc(Cl)s2)C1. The van der Waals surface area contributed by atoms with Crippen molar-refractivity contribution in [2.24, 2.45) is 5.92 Å². The van der Waals surface area contributed by atoms with Gasteiger partial charge in [0, 0.05) is 13.1 Å². The number of rotatable bonds is 2. The standard InChI is InChI=1S/C9H12ClN3OS/c1-2-6-3-4-13(5-6)8(14)7-11-12-9(10)15-7/h6H,2-5H2,1H3. The van der Waals surface area contributed by atoms with E-state index < -0.39 is 0 Å². The fourth-order valence-corrected chi connectivity index (χ4v) is 2.57. The van der Waals surface area contributed by atoms with E-state index in [-0.39, 0.29) is 5.91 Å². The molecule has 1 unspecified atom stereocenters. The predicted molar refractivity (Wildman–Crippen MR) is 59.2 cm³/mol. The van der Waals surface area contributed by atoms with Crippen molar-refractivity contribution < 1.29 is 4.79 Å². The van der Waals surface area contributed by atoms with Gasteiger partial charge in [0.2, 0.25) is 9.47 Å². The fraction of sp³-hybridized carbons (Fsp3) is 0.667. The monoisotopic (exact) mass is 245 g/mol. The van der Waals surface area contributed by atoms with Gasteiger partial charge in [-0.25, -0.2) is 0 Å². The van der Waals surface area contributed by atoms with E-state index in [1.165, 1.54) is 0 Å². The number of aromatic nitrogens is 2. The van der Waals surface area contributed by atoms with Crippen LogP contribution in [0.15, 0.2) is 0 Å². The molecule has 1 aromatic heterocycles. The molecular weight excluding hydrogens is 234 g/mol. The molecule has 0 N–H and O–H groups in total. The van der Waals surface area contributed by atoms with Crippen LogP contribution in [0.1, 0.15) is 29.6 Å². The average molecular weight is 246 g/mol. The molecule has 1 amide bonds. The first-order chi connectivity index (χ1) is 7.20. The van der Waals surface area contributed by atoms with E-state index in [0.29, 0.717) is 15.4 Å². The second-order valence-corrected chi connectivity index (χ2v) is 5.23. The predicted octanol–water partition coefficient (Wildman–Crippen LogP) is 2.06. The van der Waals surface area contributed by atoms with E-state index in [0.717, 1.165) is 37.3 Å². The van der Waals surface area contributed by atoms with Gasteiger partial charge in [0.1, 0.15) is 0 Å². The second kappa shape index (κ2) is 4.45. The fourth-order valence-electron chi connectivity index (χ4n) is 1.78. The Hall–Kier alpha value is -0.680. The van der Waals surface area contributed by atoms with Crippen LogP contribution in [0.3, 0.4) is 0 Å². The summed E-state index contributed by atoms with van der Waals surface area (Å²) in [6.07, 6.45) is 2.22. The summed E-state index contributed by atoms with van der Waals surface area (Å²) in [4.78, 5) is 13.7. The number of halogens is 1. The van der Waals surface area contributed by atoms with E-state index in [9.17, 15) is 4.79 Å². The molecule has 6 heteroatoms. The second-order valence-electron chi connectivity index (χ2n) is 3.67. The van der Waals surface area contributed by atoms with E-state index in [2.05, 4.69) is 17.1 Å². The molecule has 15 heavy (non-hydrogen) atoms. The number of hydrogen-bond donors (Lipinski definition) is 0. The molecule has 4 nitrogen and oxygen atoms in total. The minimum absolute atomic E-state index is 0.0321. The molecule has 1 saturated heterocycles. The number of amides is 1. The first-order valence-corrected chi connectivity index (χ1v) is 6.18. The zero-order chi connectivity index (χ0) is 10.8. The van der Waals surface area contributed by atoms with Crippen LogP contribution in [-0.2, 0) is 0 Å². The molecule has 2 rings (SSSR count). The summed E-state index contributed by atoms with van der Waals surface area (Å²) in [6.45, 7) is 3.82. The largest absolute Gasteiger partial charge is 0.336 e. The van der Waals surface area contributed by atoms with Crippen molar-refractivity contribution in [3.8, 4) is 0 Å². The zero-order valence-electron chi connectivity index (χ0n) is 8.44. The highest BCUT2D eigenvalue weighted by atomic mass is 35.5. The van der Waals surface area contributed by atoms with Gasteiger partial charge in [0.15, 0.2) is 0 Å². The van der Waals surface area contributed by atoms with Gasteiger partial charge in [-0.1, -0.05) is 24.7 Å². The summed E-state index contributed by atoms with van der Waals surface area (Å²) in [5.41, 5.74) is 0. The molecule has 1 atom stereocenters. The van der Waals surface area contributed by atoms with Crippen molar-refractivity contribution in [1.29, 1.82) is 0 Å². The number of carbonyl (C=O) groups excluding carboxylic acids is 1. The summed E-state index contributed by atoms with van der Waals surface area (Å²) in [7, 11) is 0. The lowest BCUT2D eigenvalue weighted by molar-refractivity contribution is 0.0785. The Balaban J connectivity index is 2.03. The first kappa shape index (κ1) is 10.8. The number of hydrogen-bond acceptors (Lipinski definition) is 4. The Labute approximate surface area is 97.3 Å². The minimum Gasteiger partial charge on any atom is -0.336 e. The van der Waals surface area contributed by atoms with Crippen molar-refractivity contribution in [2.75, 3.05) is 13.1 Å². The van der Waals surface area contributed by atoms with E-state index in [4.69, 9.17) is 11.6 Å². The molecule has 0 saturated carbocycles. The van der Waals surface area contributed by atoms with Gasteiger partial charge >= 0.3 is 0 Å². The van der Waals surface area contributed by atoms with Crippen LogP contribution >= 0.6 is 22.9 Å². The maximum absolute atomic E-state index is 11.9. The third-order valence-electron chi connectivity index (χ3n) is 2.73. The van der Waals surface area contributed by atoms with Crippen molar-refractivity contribution in [3.63, 3.8) is 0 Å². The van der Waals surface area contributed by atoms with Gasteiger partial charge in [-0.15, -0.1) is 10.2 Å². The third kappa shape index (κ3) is 2.29. The molecule has 82 valence electrons. The first-order valence-electron chi connectivity index (χ1n) is 4.99. The number of likely N-dealkylation sites (tertiary alicyclic amines) is 1. The Morgan fingerprint density at radius 2 is 2.47 bits per heavy atom. The molecule has 1 aromatic rings. The lowest BCUT2D eigenvalue weighted by Gasteiger charge is -2.13. The summed E-state index contributed by atoms with van der Waals surface area (Å²) < 4.78 is 0.324. The Kier molecular flexibility index (Phi) is 3.21. The van der Waals surface area contributed by atoms with Gasteiger partial charge in [-0.2, -0.15) is 0 Å². The van der Waals surface area contributed by atoms with E-state index >= 15 is 0 Å². The number of carbonyl (C=O) groups is 1. The van der Waals surface area contributed by atoms with Gasteiger partial charge in [0.25, 0.3) is 5.91 Å². The average Bonchev–Trinajstić information content (AvgIpc) is 2.84. The third-order valence-corrected chi connectivity index (χ3v) is 3.74. The molecule has 1 fully saturated rings.